The molecule has 2 heterocycles. The number of nitrogen functional groups attached to an aromatic ring is 1. The van der Waals surface area contributed by atoms with Gasteiger partial charge < -0.3 is 16.0 Å². The van der Waals surface area contributed by atoms with Gasteiger partial charge in [0.05, 0.1) is 24.1 Å². The summed E-state index contributed by atoms with van der Waals surface area (Å²) in [6.07, 6.45) is 1.59. The molecule has 1 aromatic carbocycles. The molecule has 114 valence electrons. The minimum absolute atomic E-state index is 0.0246. The molecule has 1 fully saturated rings. The number of nitrogens with zero attached hydrogens (tertiary/aromatic N) is 2. The lowest BCUT2D eigenvalue weighted by molar-refractivity contribution is -0.115. The molecular formula is C13H18N4O3S. The topological polar surface area (TPSA) is 95.7 Å². The van der Waals surface area contributed by atoms with Crippen LogP contribution in [0.2, 0.25) is 0 Å². The van der Waals surface area contributed by atoms with Crippen molar-refractivity contribution >= 4 is 33.0 Å². The molecule has 3 N–H and O–H groups in total. The van der Waals surface area contributed by atoms with Crippen LogP contribution in [0.3, 0.4) is 0 Å². The van der Waals surface area contributed by atoms with Gasteiger partial charge in [-0.1, -0.05) is 0 Å². The summed E-state index contributed by atoms with van der Waals surface area (Å²) in [4.78, 5) is 13.5. The first-order valence-electron chi connectivity index (χ1n) is 6.77. The monoisotopic (exact) mass is 310 g/mol. The van der Waals surface area contributed by atoms with E-state index in [4.69, 9.17) is 5.73 Å². The third-order valence-corrected chi connectivity index (χ3v) is 5.23. The van der Waals surface area contributed by atoms with Gasteiger partial charge in [-0.2, -0.15) is 4.31 Å². The molecule has 0 radical (unpaired) electrons. The minimum atomic E-state index is -3.14. The largest absolute Gasteiger partial charge is 0.397 e. The molecule has 0 aliphatic carbocycles. The Balaban J connectivity index is 1.80. The van der Waals surface area contributed by atoms with E-state index in [1.54, 1.807) is 0 Å². The number of sulfonamides is 1. The normalized spacial score (nSPS) is 19.5. The third kappa shape index (κ3) is 2.68. The van der Waals surface area contributed by atoms with Gasteiger partial charge in [0.25, 0.3) is 0 Å². The molecule has 1 aromatic rings. The van der Waals surface area contributed by atoms with Crippen LogP contribution in [0.4, 0.5) is 17.1 Å². The zero-order valence-electron chi connectivity index (χ0n) is 11.8. The Morgan fingerprint density at radius 3 is 2.48 bits per heavy atom. The van der Waals surface area contributed by atoms with Crippen LogP contribution in [0.1, 0.15) is 5.56 Å². The number of hydrogen-bond donors (Lipinski definition) is 2. The van der Waals surface area contributed by atoms with Crippen LogP contribution in [-0.4, -0.2) is 51.1 Å². The zero-order valence-corrected chi connectivity index (χ0v) is 12.6. The highest BCUT2D eigenvalue weighted by atomic mass is 32.2. The van der Waals surface area contributed by atoms with E-state index < -0.39 is 10.0 Å². The predicted molar refractivity (Wildman–Crippen MR) is 81.8 cm³/mol. The van der Waals surface area contributed by atoms with Crippen LogP contribution in [0.25, 0.3) is 0 Å². The number of carbonyl (C=O) groups excluding carboxylic acids is 1. The average Bonchev–Trinajstić information content (AvgIpc) is 2.76. The second-order valence-electron chi connectivity index (χ2n) is 5.44. The van der Waals surface area contributed by atoms with Crippen LogP contribution >= 0.6 is 0 Å². The lowest BCUT2D eigenvalue weighted by atomic mass is 10.1. The van der Waals surface area contributed by atoms with Crippen molar-refractivity contribution in [1.82, 2.24) is 4.31 Å². The maximum absolute atomic E-state index is 11.5. The molecule has 0 bridgehead atoms. The average molecular weight is 310 g/mol. The van der Waals surface area contributed by atoms with E-state index in [9.17, 15) is 13.2 Å². The molecular weight excluding hydrogens is 292 g/mol. The van der Waals surface area contributed by atoms with E-state index in [0.29, 0.717) is 38.3 Å². The summed E-state index contributed by atoms with van der Waals surface area (Å²) in [5.74, 6) is -0.0246. The fourth-order valence-corrected chi connectivity index (χ4v) is 3.64. The van der Waals surface area contributed by atoms with E-state index in [1.807, 2.05) is 12.1 Å². The molecule has 1 saturated heterocycles. The van der Waals surface area contributed by atoms with E-state index in [1.165, 1.54) is 10.6 Å². The van der Waals surface area contributed by atoms with Crippen molar-refractivity contribution in [2.45, 2.75) is 6.42 Å². The fourth-order valence-electron chi connectivity index (χ4n) is 2.82. The van der Waals surface area contributed by atoms with Crippen molar-refractivity contribution in [2.75, 3.05) is 48.4 Å². The van der Waals surface area contributed by atoms with Gasteiger partial charge in [-0.25, -0.2) is 8.42 Å². The van der Waals surface area contributed by atoms with Crippen LogP contribution in [0, 0.1) is 0 Å². The first-order valence-corrected chi connectivity index (χ1v) is 8.62. The van der Waals surface area contributed by atoms with Gasteiger partial charge >= 0.3 is 0 Å². The van der Waals surface area contributed by atoms with Gasteiger partial charge in [0, 0.05) is 31.9 Å². The summed E-state index contributed by atoms with van der Waals surface area (Å²) in [5.41, 5.74) is 9.27. The number of rotatable bonds is 2. The summed E-state index contributed by atoms with van der Waals surface area (Å²) < 4.78 is 24.5. The van der Waals surface area contributed by atoms with Crippen LogP contribution in [0.5, 0.6) is 0 Å². The Kier molecular flexibility index (Phi) is 3.29. The third-order valence-electron chi connectivity index (χ3n) is 3.93. The quantitative estimate of drug-likeness (QED) is 0.740. The molecule has 0 unspecified atom stereocenters. The Morgan fingerprint density at radius 2 is 1.86 bits per heavy atom. The fraction of sp³-hybridized carbons (Fsp3) is 0.462. The van der Waals surface area contributed by atoms with E-state index >= 15 is 0 Å². The number of hydrogen-bond acceptors (Lipinski definition) is 5. The van der Waals surface area contributed by atoms with E-state index in [-0.39, 0.29) is 5.91 Å². The number of fused-ring (bicyclic) bond motifs is 1. The standard InChI is InChI=1S/C13H18N4O3S/c1-21(19,20)17-4-2-16(3-5-17)12-8-11-9(6-10(12)14)7-13(18)15-11/h6,8H,2-5,7,14H2,1H3,(H,15,18). The highest BCUT2D eigenvalue weighted by Crippen LogP contribution is 2.34. The van der Waals surface area contributed by atoms with E-state index in [2.05, 4.69) is 10.2 Å². The molecule has 1 amide bonds. The summed E-state index contributed by atoms with van der Waals surface area (Å²) in [7, 11) is -3.14. The van der Waals surface area contributed by atoms with E-state index in [0.717, 1.165) is 16.9 Å². The molecule has 7 nitrogen and oxygen atoms in total. The molecule has 0 aromatic heterocycles. The second kappa shape index (κ2) is 4.88. The lowest BCUT2D eigenvalue weighted by Gasteiger charge is -2.35. The first-order chi connectivity index (χ1) is 9.84. The summed E-state index contributed by atoms with van der Waals surface area (Å²) in [6, 6.07) is 3.71. The molecule has 0 spiro atoms. The Morgan fingerprint density at radius 1 is 1.19 bits per heavy atom. The van der Waals surface area contributed by atoms with Crippen molar-refractivity contribution < 1.29 is 13.2 Å². The number of nitrogens with two attached hydrogens (primary N) is 1. The summed E-state index contributed by atoms with van der Waals surface area (Å²) in [5, 5.41) is 2.81. The zero-order chi connectivity index (χ0) is 15.2. The highest BCUT2D eigenvalue weighted by molar-refractivity contribution is 7.88. The van der Waals surface area contributed by atoms with Gasteiger partial charge in [-0.05, 0) is 17.7 Å². The molecule has 8 heteroatoms. The first kappa shape index (κ1) is 14.2. The van der Waals surface area contributed by atoms with Crippen molar-refractivity contribution in [3.8, 4) is 0 Å². The van der Waals surface area contributed by atoms with Crippen molar-refractivity contribution in [3.63, 3.8) is 0 Å². The summed E-state index contributed by atoms with van der Waals surface area (Å²) in [6.45, 7) is 2.07. The van der Waals surface area contributed by atoms with Crippen molar-refractivity contribution in [1.29, 1.82) is 0 Å². The number of carbonyl (C=O) groups is 1. The van der Waals surface area contributed by atoms with Crippen molar-refractivity contribution in [2.24, 2.45) is 0 Å². The number of anilines is 3. The SMILES string of the molecule is CS(=O)(=O)N1CCN(c2cc3c(cc2N)CC(=O)N3)CC1. The summed E-state index contributed by atoms with van der Waals surface area (Å²) >= 11 is 0. The van der Waals surface area contributed by atoms with Gasteiger partial charge in [-0.15, -0.1) is 0 Å². The number of amides is 1. The van der Waals surface area contributed by atoms with Crippen LogP contribution in [0.15, 0.2) is 12.1 Å². The molecule has 3 rings (SSSR count). The maximum Gasteiger partial charge on any atom is 0.228 e. The number of nitrogens with one attached hydrogen (secondary N) is 1. The lowest BCUT2D eigenvalue weighted by Crippen LogP contribution is -2.48. The Hall–Kier alpha value is -1.80. The minimum Gasteiger partial charge on any atom is -0.397 e. The van der Waals surface area contributed by atoms with Gasteiger partial charge in [-0.3, -0.25) is 4.79 Å². The smallest absolute Gasteiger partial charge is 0.228 e. The van der Waals surface area contributed by atoms with Gasteiger partial charge in [0.2, 0.25) is 15.9 Å². The van der Waals surface area contributed by atoms with Crippen LogP contribution < -0.4 is 16.0 Å². The Bertz CT molecular complexity index is 694. The van der Waals surface area contributed by atoms with Gasteiger partial charge in [0.1, 0.15) is 0 Å². The highest BCUT2D eigenvalue weighted by Gasteiger charge is 2.26. The van der Waals surface area contributed by atoms with Crippen molar-refractivity contribution in [3.05, 3.63) is 17.7 Å². The number of piperazine rings is 1. The maximum atomic E-state index is 11.5. The number of benzene rings is 1. The molecule has 21 heavy (non-hydrogen) atoms. The molecule has 0 atom stereocenters. The predicted octanol–water partition coefficient (Wildman–Crippen LogP) is -0.155. The molecule has 0 saturated carbocycles. The van der Waals surface area contributed by atoms with Gasteiger partial charge in [0.15, 0.2) is 0 Å². The Labute approximate surface area is 123 Å². The van der Waals surface area contributed by atoms with Crippen LogP contribution in [-0.2, 0) is 21.2 Å². The molecule has 2 aliphatic heterocycles. The molecule has 2 aliphatic rings. The second-order valence-corrected chi connectivity index (χ2v) is 7.42.